The first kappa shape index (κ1) is 14.2. The van der Waals surface area contributed by atoms with Crippen LogP contribution >= 0.6 is 11.6 Å². The fraction of sp³-hybridized carbons (Fsp3) is 0.333. The number of rotatable bonds is 5. The highest BCUT2D eigenvalue weighted by atomic mass is 35.5. The van der Waals surface area contributed by atoms with Gasteiger partial charge in [-0.2, -0.15) is 0 Å². The van der Waals surface area contributed by atoms with Crippen molar-refractivity contribution >= 4 is 27.3 Å². The summed E-state index contributed by atoms with van der Waals surface area (Å²) in [6, 6.07) is 1.84. The SMILES string of the molecule is COCCNS(=O)(=O)c1cc(N)c(F)cc1Cl. The molecule has 5 nitrogen and oxygen atoms in total. The Balaban J connectivity index is 3.03. The van der Waals surface area contributed by atoms with Gasteiger partial charge in [-0.05, 0) is 12.1 Å². The number of ether oxygens (including phenoxy) is 1. The van der Waals surface area contributed by atoms with Gasteiger partial charge in [0.25, 0.3) is 0 Å². The van der Waals surface area contributed by atoms with Crippen LogP contribution in [0.1, 0.15) is 0 Å². The van der Waals surface area contributed by atoms with Gasteiger partial charge in [0.15, 0.2) is 0 Å². The van der Waals surface area contributed by atoms with E-state index < -0.39 is 15.8 Å². The molecular weight excluding hydrogens is 271 g/mol. The topological polar surface area (TPSA) is 81.4 Å². The van der Waals surface area contributed by atoms with Gasteiger partial charge in [0, 0.05) is 13.7 Å². The molecule has 8 heteroatoms. The fourth-order valence-electron chi connectivity index (χ4n) is 1.11. The Hall–Kier alpha value is -0.890. The lowest BCUT2D eigenvalue weighted by atomic mass is 10.3. The maximum Gasteiger partial charge on any atom is 0.242 e. The second kappa shape index (κ2) is 5.63. The average Bonchev–Trinajstić information content (AvgIpc) is 2.23. The molecule has 3 N–H and O–H groups in total. The van der Waals surface area contributed by atoms with Crippen molar-refractivity contribution < 1.29 is 17.5 Å². The minimum absolute atomic E-state index is 0.0897. The highest BCUT2D eigenvalue weighted by molar-refractivity contribution is 7.89. The zero-order valence-corrected chi connectivity index (χ0v) is 10.6. The lowest BCUT2D eigenvalue weighted by Gasteiger charge is -2.09. The van der Waals surface area contributed by atoms with Gasteiger partial charge in [-0.1, -0.05) is 11.6 Å². The van der Waals surface area contributed by atoms with Crippen LogP contribution in [-0.2, 0) is 14.8 Å². The third-order valence-corrected chi connectivity index (χ3v) is 3.86. The summed E-state index contributed by atoms with van der Waals surface area (Å²) in [5.74, 6) is -0.758. The first-order chi connectivity index (χ1) is 7.88. The quantitative estimate of drug-likeness (QED) is 0.623. The van der Waals surface area contributed by atoms with Crippen LogP contribution in [0.2, 0.25) is 5.02 Å². The van der Waals surface area contributed by atoms with E-state index in [1.54, 1.807) is 0 Å². The maximum absolute atomic E-state index is 13.0. The van der Waals surface area contributed by atoms with E-state index >= 15 is 0 Å². The molecule has 0 fully saturated rings. The summed E-state index contributed by atoms with van der Waals surface area (Å²) in [7, 11) is -2.37. The number of sulfonamides is 1. The lowest BCUT2D eigenvalue weighted by molar-refractivity contribution is 0.204. The predicted octanol–water partition coefficient (Wildman–Crippen LogP) is 0.986. The Morgan fingerprint density at radius 2 is 2.18 bits per heavy atom. The molecule has 0 unspecified atom stereocenters. The molecule has 0 saturated carbocycles. The maximum atomic E-state index is 13.0. The van der Waals surface area contributed by atoms with E-state index in [1.807, 2.05) is 0 Å². The van der Waals surface area contributed by atoms with Gasteiger partial charge in [-0.15, -0.1) is 0 Å². The summed E-state index contributed by atoms with van der Waals surface area (Å²) in [6.07, 6.45) is 0. The largest absolute Gasteiger partial charge is 0.396 e. The second-order valence-electron chi connectivity index (χ2n) is 3.19. The Kier molecular flexibility index (Phi) is 4.70. The standard InChI is InChI=1S/C9H12ClFN2O3S/c1-16-3-2-13-17(14,15)9-5-8(12)7(11)4-6(9)10/h4-5,13H,2-3,12H2,1H3. The fourth-order valence-corrected chi connectivity index (χ4v) is 2.67. The van der Waals surface area contributed by atoms with E-state index in [0.717, 1.165) is 12.1 Å². The summed E-state index contributed by atoms with van der Waals surface area (Å²) in [5, 5.41) is -0.221. The van der Waals surface area contributed by atoms with Gasteiger partial charge in [0.2, 0.25) is 10.0 Å². The summed E-state index contributed by atoms with van der Waals surface area (Å²) in [5.41, 5.74) is 5.01. The molecule has 0 radical (unpaired) electrons. The molecule has 0 heterocycles. The molecule has 1 aromatic rings. The van der Waals surface area contributed by atoms with Gasteiger partial charge in [-0.25, -0.2) is 17.5 Å². The van der Waals surface area contributed by atoms with Crippen molar-refractivity contribution in [2.45, 2.75) is 4.90 Å². The van der Waals surface area contributed by atoms with E-state index in [-0.39, 0.29) is 28.8 Å². The van der Waals surface area contributed by atoms with E-state index in [1.165, 1.54) is 7.11 Å². The Labute approximate surface area is 104 Å². The Morgan fingerprint density at radius 3 is 2.76 bits per heavy atom. The predicted molar refractivity (Wildman–Crippen MR) is 62.9 cm³/mol. The molecule has 0 aromatic heterocycles. The third-order valence-electron chi connectivity index (χ3n) is 1.94. The minimum atomic E-state index is -3.81. The summed E-state index contributed by atoms with van der Waals surface area (Å²) < 4.78 is 43.5. The molecule has 0 aliphatic rings. The molecule has 0 atom stereocenters. The van der Waals surface area contributed by atoms with Crippen molar-refractivity contribution in [2.24, 2.45) is 0 Å². The number of halogens is 2. The molecule has 0 aliphatic carbocycles. The number of nitrogens with one attached hydrogen (secondary N) is 1. The van der Waals surface area contributed by atoms with E-state index in [0.29, 0.717) is 0 Å². The number of hydrogen-bond acceptors (Lipinski definition) is 4. The lowest BCUT2D eigenvalue weighted by Crippen LogP contribution is -2.27. The number of nitrogen functional groups attached to an aromatic ring is 1. The van der Waals surface area contributed by atoms with Crippen molar-refractivity contribution in [2.75, 3.05) is 26.0 Å². The van der Waals surface area contributed by atoms with Crippen molar-refractivity contribution in [1.82, 2.24) is 4.72 Å². The number of hydrogen-bond donors (Lipinski definition) is 2. The summed E-state index contributed by atoms with van der Waals surface area (Å²) in [4.78, 5) is -0.255. The zero-order valence-electron chi connectivity index (χ0n) is 9.04. The zero-order chi connectivity index (χ0) is 13.1. The number of nitrogens with two attached hydrogens (primary N) is 1. The molecule has 0 spiro atoms. The highest BCUT2D eigenvalue weighted by Gasteiger charge is 2.19. The molecule has 0 amide bonds. The van der Waals surface area contributed by atoms with Crippen molar-refractivity contribution in [3.63, 3.8) is 0 Å². The van der Waals surface area contributed by atoms with E-state index in [2.05, 4.69) is 4.72 Å². The third kappa shape index (κ3) is 3.53. The molecular formula is C9H12ClFN2O3S. The van der Waals surface area contributed by atoms with Crippen LogP contribution < -0.4 is 10.5 Å². The van der Waals surface area contributed by atoms with Gasteiger partial charge >= 0.3 is 0 Å². The van der Waals surface area contributed by atoms with Gasteiger partial charge in [-0.3, -0.25) is 0 Å². The molecule has 0 bridgehead atoms. The monoisotopic (exact) mass is 282 g/mol. The van der Waals surface area contributed by atoms with Crippen LogP contribution in [0.15, 0.2) is 17.0 Å². The molecule has 1 rings (SSSR count). The number of benzene rings is 1. The van der Waals surface area contributed by atoms with Crippen LogP contribution in [0.5, 0.6) is 0 Å². The first-order valence-corrected chi connectivity index (χ1v) is 6.47. The van der Waals surface area contributed by atoms with Crippen molar-refractivity contribution in [3.8, 4) is 0 Å². The van der Waals surface area contributed by atoms with Crippen LogP contribution in [0.3, 0.4) is 0 Å². The number of anilines is 1. The van der Waals surface area contributed by atoms with E-state index in [9.17, 15) is 12.8 Å². The minimum Gasteiger partial charge on any atom is -0.396 e. The summed E-state index contributed by atoms with van der Waals surface area (Å²) >= 11 is 5.65. The van der Waals surface area contributed by atoms with Gasteiger partial charge in [0.1, 0.15) is 10.7 Å². The van der Waals surface area contributed by atoms with Crippen molar-refractivity contribution in [3.05, 3.63) is 23.0 Å². The van der Waals surface area contributed by atoms with Crippen LogP contribution in [0.4, 0.5) is 10.1 Å². The first-order valence-electron chi connectivity index (χ1n) is 4.61. The normalized spacial score (nSPS) is 11.7. The van der Waals surface area contributed by atoms with Crippen LogP contribution in [-0.4, -0.2) is 28.7 Å². The van der Waals surface area contributed by atoms with Crippen LogP contribution in [0, 0.1) is 5.82 Å². The molecule has 17 heavy (non-hydrogen) atoms. The Bertz CT molecular complexity index is 507. The van der Waals surface area contributed by atoms with Gasteiger partial charge in [0.05, 0.1) is 17.3 Å². The smallest absolute Gasteiger partial charge is 0.242 e. The van der Waals surface area contributed by atoms with E-state index in [4.69, 9.17) is 22.1 Å². The molecule has 0 aliphatic heterocycles. The second-order valence-corrected chi connectivity index (χ2v) is 5.34. The summed E-state index contributed by atoms with van der Waals surface area (Å²) in [6.45, 7) is 0.306. The van der Waals surface area contributed by atoms with Crippen molar-refractivity contribution in [1.29, 1.82) is 0 Å². The highest BCUT2D eigenvalue weighted by Crippen LogP contribution is 2.25. The average molecular weight is 283 g/mol. The molecule has 0 saturated heterocycles. The molecule has 1 aromatic carbocycles. The molecule has 96 valence electrons. The van der Waals surface area contributed by atoms with Gasteiger partial charge < -0.3 is 10.5 Å². The Morgan fingerprint density at radius 1 is 1.53 bits per heavy atom. The van der Waals surface area contributed by atoms with Crippen LogP contribution in [0.25, 0.3) is 0 Å². The number of methoxy groups -OCH3 is 1.